The Hall–Kier alpha value is -1.35. The lowest BCUT2D eigenvalue weighted by Gasteiger charge is -2.41. The van der Waals surface area contributed by atoms with Gasteiger partial charge in [0.25, 0.3) is 5.91 Å². The van der Waals surface area contributed by atoms with Crippen molar-refractivity contribution in [3.8, 4) is 0 Å². The molecule has 1 aromatic carbocycles. The van der Waals surface area contributed by atoms with Crippen LogP contribution in [0.5, 0.6) is 0 Å². The van der Waals surface area contributed by atoms with Crippen LogP contribution in [0.1, 0.15) is 34.3 Å². The van der Waals surface area contributed by atoms with Gasteiger partial charge in [0.2, 0.25) is 0 Å². The number of carbonyl (C=O) groups is 1. The molecule has 1 spiro atoms. The second-order valence-electron chi connectivity index (χ2n) is 5.14. The fourth-order valence-corrected chi connectivity index (χ4v) is 3.43. The van der Waals surface area contributed by atoms with Gasteiger partial charge in [-0.1, -0.05) is 12.1 Å². The van der Waals surface area contributed by atoms with Gasteiger partial charge < -0.3 is 10.2 Å². The van der Waals surface area contributed by atoms with Crippen LogP contribution in [0, 0.1) is 6.92 Å². The molecule has 0 unspecified atom stereocenters. The molecule has 1 N–H and O–H groups in total. The van der Waals surface area contributed by atoms with E-state index in [1.54, 1.807) is 0 Å². The molecule has 1 aromatic rings. The summed E-state index contributed by atoms with van der Waals surface area (Å²) < 4.78 is 0. The minimum atomic E-state index is -0.0526. The lowest BCUT2D eigenvalue weighted by Crippen LogP contribution is -2.48. The van der Waals surface area contributed by atoms with Crippen LogP contribution in [0.15, 0.2) is 18.2 Å². The maximum atomic E-state index is 12.3. The maximum Gasteiger partial charge on any atom is 0.254 e. The molecule has 17 heavy (non-hydrogen) atoms. The number of benzene rings is 1. The molecular formula is C14H18N2O. The molecule has 1 saturated heterocycles. The molecule has 2 aliphatic rings. The van der Waals surface area contributed by atoms with E-state index in [9.17, 15) is 4.79 Å². The Morgan fingerprint density at radius 1 is 1.29 bits per heavy atom. The van der Waals surface area contributed by atoms with Gasteiger partial charge in [-0.25, -0.2) is 0 Å². The van der Waals surface area contributed by atoms with Crippen LogP contribution >= 0.6 is 0 Å². The Morgan fingerprint density at radius 3 is 2.71 bits per heavy atom. The van der Waals surface area contributed by atoms with E-state index in [1.165, 1.54) is 11.1 Å². The lowest BCUT2D eigenvalue weighted by molar-refractivity contribution is 0.0550. The zero-order valence-electron chi connectivity index (χ0n) is 10.4. The number of hydrogen-bond acceptors (Lipinski definition) is 2. The van der Waals surface area contributed by atoms with E-state index in [4.69, 9.17) is 0 Å². The Kier molecular flexibility index (Phi) is 2.26. The highest BCUT2D eigenvalue weighted by Gasteiger charge is 2.48. The van der Waals surface area contributed by atoms with Crippen LogP contribution in [0.25, 0.3) is 0 Å². The topological polar surface area (TPSA) is 32.3 Å². The number of hydrogen-bond donors (Lipinski definition) is 1. The first-order valence-electron chi connectivity index (χ1n) is 6.26. The third-order valence-corrected chi connectivity index (χ3v) is 4.35. The molecular weight excluding hydrogens is 212 g/mol. The minimum absolute atomic E-state index is 0.0526. The molecule has 3 rings (SSSR count). The molecule has 0 atom stereocenters. The van der Waals surface area contributed by atoms with E-state index >= 15 is 0 Å². The normalized spacial score (nSPS) is 22.0. The van der Waals surface area contributed by atoms with E-state index in [2.05, 4.69) is 18.3 Å². The number of piperidine rings is 1. The number of aryl methyl sites for hydroxylation is 1. The number of nitrogens with zero attached hydrogens (tertiary/aromatic N) is 1. The fraction of sp³-hybridized carbons (Fsp3) is 0.500. The van der Waals surface area contributed by atoms with Gasteiger partial charge >= 0.3 is 0 Å². The Labute approximate surface area is 102 Å². The first-order valence-corrected chi connectivity index (χ1v) is 6.26. The van der Waals surface area contributed by atoms with Crippen LogP contribution in [0.4, 0.5) is 0 Å². The van der Waals surface area contributed by atoms with E-state index < -0.39 is 0 Å². The number of nitrogens with one attached hydrogen (secondary N) is 1. The maximum absolute atomic E-state index is 12.3. The lowest BCUT2D eigenvalue weighted by atomic mass is 9.79. The standard InChI is InChI=1S/C14H18N2O/c1-10-4-3-5-11-12(10)14(16(2)13(11)17)6-8-15-9-7-14/h3-5,15H,6-9H2,1-2H3. The van der Waals surface area contributed by atoms with Gasteiger partial charge in [-0.3, -0.25) is 4.79 Å². The summed E-state index contributed by atoms with van der Waals surface area (Å²) in [4.78, 5) is 14.3. The van der Waals surface area contributed by atoms with Crippen molar-refractivity contribution < 1.29 is 4.79 Å². The van der Waals surface area contributed by atoms with Crippen molar-refractivity contribution in [3.05, 3.63) is 34.9 Å². The minimum Gasteiger partial charge on any atom is -0.332 e. The van der Waals surface area contributed by atoms with Crippen molar-refractivity contribution in [1.82, 2.24) is 10.2 Å². The zero-order valence-corrected chi connectivity index (χ0v) is 10.4. The zero-order chi connectivity index (χ0) is 12.0. The van der Waals surface area contributed by atoms with Gasteiger partial charge in [-0.05, 0) is 50.0 Å². The molecule has 3 nitrogen and oxygen atoms in total. The van der Waals surface area contributed by atoms with Crippen molar-refractivity contribution in [2.24, 2.45) is 0 Å². The fourth-order valence-electron chi connectivity index (χ4n) is 3.43. The number of rotatable bonds is 0. The second-order valence-corrected chi connectivity index (χ2v) is 5.14. The average molecular weight is 230 g/mol. The molecule has 2 heterocycles. The first kappa shape index (κ1) is 10.8. The molecule has 0 aliphatic carbocycles. The molecule has 1 amide bonds. The highest BCUT2D eigenvalue weighted by atomic mass is 16.2. The van der Waals surface area contributed by atoms with Crippen molar-refractivity contribution in [1.29, 1.82) is 0 Å². The Bertz CT molecular complexity index is 475. The molecule has 3 heteroatoms. The predicted octanol–water partition coefficient (Wildman–Crippen LogP) is 1.66. The molecule has 90 valence electrons. The summed E-state index contributed by atoms with van der Waals surface area (Å²) in [5.41, 5.74) is 3.38. The van der Waals surface area contributed by atoms with Crippen LogP contribution in [0.3, 0.4) is 0 Å². The van der Waals surface area contributed by atoms with Crippen molar-refractivity contribution in [3.63, 3.8) is 0 Å². The van der Waals surface area contributed by atoms with Gasteiger partial charge in [0.1, 0.15) is 0 Å². The first-order chi connectivity index (χ1) is 8.17. The smallest absolute Gasteiger partial charge is 0.254 e. The average Bonchev–Trinajstić information content (AvgIpc) is 2.55. The third kappa shape index (κ3) is 1.29. The van der Waals surface area contributed by atoms with E-state index in [1.807, 2.05) is 24.1 Å². The van der Waals surface area contributed by atoms with Crippen molar-refractivity contribution in [2.75, 3.05) is 20.1 Å². The van der Waals surface area contributed by atoms with E-state index in [-0.39, 0.29) is 11.4 Å². The molecule has 0 saturated carbocycles. The predicted molar refractivity (Wildman–Crippen MR) is 67.1 cm³/mol. The summed E-state index contributed by atoms with van der Waals surface area (Å²) in [5.74, 6) is 0.186. The van der Waals surface area contributed by atoms with Crippen molar-refractivity contribution in [2.45, 2.75) is 25.3 Å². The van der Waals surface area contributed by atoms with Gasteiger partial charge in [0.15, 0.2) is 0 Å². The van der Waals surface area contributed by atoms with Crippen LogP contribution in [-0.4, -0.2) is 30.9 Å². The molecule has 0 bridgehead atoms. The molecule has 1 fully saturated rings. The quantitative estimate of drug-likeness (QED) is 0.735. The SMILES string of the molecule is Cc1cccc2c1C1(CCNCC1)N(C)C2=O. The summed E-state index contributed by atoms with van der Waals surface area (Å²) in [5, 5.41) is 3.38. The van der Waals surface area contributed by atoms with Gasteiger partial charge in [-0.2, -0.15) is 0 Å². The molecule has 0 radical (unpaired) electrons. The van der Waals surface area contributed by atoms with Gasteiger partial charge in [0.05, 0.1) is 5.54 Å². The number of fused-ring (bicyclic) bond motifs is 2. The van der Waals surface area contributed by atoms with Crippen molar-refractivity contribution >= 4 is 5.91 Å². The molecule has 0 aromatic heterocycles. The monoisotopic (exact) mass is 230 g/mol. The summed E-state index contributed by atoms with van der Waals surface area (Å²) in [6.07, 6.45) is 2.04. The Balaban J connectivity index is 2.21. The third-order valence-electron chi connectivity index (χ3n) is 4.35. The largest absolute Gasteiger partial charge is 0.332 e. The van der Waals surface area contributed by atoms with E-state index in [0.717, 1.165) is 31.5 Å². The Morgan fingerprint density at radius 2 is 2.00 bits per heavy atom. The summed E-state index contributed by atoms with van der Waals surface area (Å²) >= 11 is 0. The van der Waals surface area contributed by atoms with Crippen LogP contribution in [0.2, 0.25) is 0 Å². The summed E-state index contributed by atoms with van der Waals surface area (Å²) in [6.45, 7) is 4.10. The van der Waals surface area contributed by atoms with Crippen LogP contribution in [-0.2, 0) is 5.54 Å². The van der Waals surface area contributed by atoms with Gasteiger partial charge in [-0.15, -0.1) is 0 Å². The van der Waals surface area contributed by atoms with Gasteiger partial charge in [0, 0.05) is 12.6 Å². The highest BCUT2D eigenvalue weighted by molar-refractivity contribution is 6.00. The summed E-state index contributed by atoms with van der Waals surface area (Å²) in [6, 6.07) is 6.08. The van der Waals surface area contributed by atoms with E-state index in [0.29, 0.717) is 0 Å². The molecule has 2 aliphatic heterocycles. The summed E-state index contributed by atoms with van der Waals surface area (Å²) in [7, 11) is 1.95. The number of carbonyl (C=O) groups excluding carboxylic acids is 1. The second kappa shape index (κ2) is 3.57. The number of amides is 1. The highest BCUT2D eigenvalue weighted by Crippen LogP contribution is 2.45. The van der Waals surface area contributed by atoms with Crippen LogP contribution < -0.4 is 5.32 Å².